The predicted octanol–water partition coefficient (Wildman–Crippen LogP) is 3.01. The van der Waals surface area contributed by atoms with Crippen molar-refractivity contribution in [3.8, 4) is 5.69 Å². The van der Waals surface area contributed by atoms with Gasteiger partial charge in [0.15, 0.2) is 5.16 Å². The molecule has 6 heteroatoms. The fourth-order valence-corrected chi connectivity index (χ4v) is 2.58. The summed E-state index contributed by atoms with van der Waals surface area (Å²) in [5.74, 6) is 0.739. The Morgan fingerprint density at radius 2 is 1.90 bits per heavy atom. The van der Waals surface area contributed by atoms with Crippen LogP contribution in [0.15, 0.2) is 35.5 Å². The Bertz CT molecular complexity index is 618. The summed E-state index contributed by atoms with van der Waals surface area (Å²) in [6, 6.07) is 9.83. The summed E-state index contributed by atoms with van der Waals surface area (Å²) >= 11 is 1.33. The van der Waals surface area contributed by atoms with E-state index in [-0.39, 0.29) is 11.7 Å². The molecule has 0 radical (unpaired) electrons. The Morgan fingerprint density at radius 3 is 2.52 bits per heavy atom. The molecule has 5 nitrogen and oxygen atoms in total. The second-order valence-electron chi connectivity index (χ2n) is 5.58. The minimum absolute atomic E-state index is 0.211. The van der Waals surface area contributed by atoms with Crippen molar-refractivity contribution < 1.29 is 9.53 Å². The van der Waals surface area contributed by atoms with E-state index in [1.807, 2.05) is 62.6 Å². The van der Waals surface area contributed by atoms with Crippen molar-refractivity contribution in [3.63, 3.8) is 0 Å². The van der Waals surface area contributed by atoms with Crippen LogP contribution < -0.4 is 0 Å². The third kappa shape index (κ3) is 4.32. The molecule has 0 aliphatic heterocycles. The maximum atomic E-state index is 11.8. The molecule has 0 amide bonds. The number of rotatable bonds is 4. The summed E-state index contributed by atoms with van der Waals surface area (Å²) < 4.78 is 7.22. The maximum absolute atomic E-state index is 11.8. The molecule has 2 rings (SSSR count). The Morgan fingerprint density at radius 1 is 1.24 bits per heavy atom. The van der Waals surface area contributed by atoms with E-state index in [1.54, 1.807) is 0 Å². The van der Waals surface area contributed by atoms with Crippen molar-refractivity contribution in [2.45, 2.75) is 38.5 Å². The molecule has 1 aromatic carbocycles. The zero-order valence-corrected chi connectivity index (χ0v) is 13.5. The highest BCUT2D eigenvalue weighted by Gasteiger charge is 2.18. The first-order valence-electron chi connectivity index (χ1n) is 6.69. The third-order valence-corrected chi connectivity index (χ3v) is 3.45. The molecule has 21 heavy (non-hydrogen) atoms. The molecule has 0 fully saturated rings. The minimum atomic E-state index is -0.472. The third-order valence-electron chi connectivity index (χ3n) is 2.55. The summed E-state index contributed by atoms with van der Waals surface area (Å²) in [5, 5.41) is 8.90. The average Bonchev–Trinajstić information content (AvgIpc) is 2.76. The van der Waals surface area contributed by atoms with Crippen LogP contribution >= 0.6 is 11.8 Å². The number of carbonyl (C=O) groups excluding carboxylic acids is 1. The number of benzene rings is 1. The van der Waals surface area contributed by atoms with E-state index in [9.17, 15) is 4.79 Å². The summed E-state index contributed by atoms with van der Waals surface area (Å²) in [6.07, 6.45) is 0. The summed E-state index contributed by atoms with van der Waals surface area (Å²) in [5.41, 5.74) is 0.507. The lowest BCUT2D eigenvalue weighted by molar-refractivity contribution is -0.151. The van der Waals surface area contributed by atoms with Crippen molar-refractivity contribution in [1.82, 2.24) is 14.8 Å². The number of aryl methyl sites for hydroxylation is 1. The van der Waals surface area contributed by atoms with Crippen molar-refractivity contribution in [2.75, 3.05) is 5.75 Å². The van der Waals surface area contributed by atoms with Gasteiger partial charge >= 0.3 is 5.97 Å². The first-order chi connectivity index (χ1) is 9.87. The molecule has 0 unspecified atom stereocenters. The standard InChI is InChI=1S/C15H19N3O2S/c1-11-16-17-14(18(11)12-8-6-5-7-9-12)21-10-13(19)20-15(2,3)4/h5-9H,10H2,1-4H3. The molecular weight excluding hydrogens is 286 g/mol. The summed E-state index contributed by atoms with van der Waals surface area (Å²) in [6.45, 7) is 7.45. The zero-order valence-electron chi connectivity index (χ0n) is 12.7. The van der Waals surface area contributed by atoms with E-state index < -0.39 is 5.60 Å². The molecule has 0 N–H and O–H groups in total. The van der Waals surface area contributed by atoms with Gasteiger partial charge in [0, 0.05) is 5.69 Å². The number of aromatic nitrogens is 3. The molecule has 0 atom stereocenters. The molecule has 0 aliphatic rings. The summed E-state index contributed by atoms with van der Waals surface area (Å²) in [4.78, 5) is 11.8. The van der Waals surface area contributed by atoms with Gasteiger partial charge in [0.25, 0.3) is 0 Å². The lowest BCUT2D eigenvalue weighted by Gasteiger charge is -2.19. The Labute approximate surface area is 128 Å². The van der Waals surface area contributed by atoms with Gasteiger partial charge in [0.1, 0.15) is 11.4 Å². The quantitative estimate of drug-likeness (QED) is 0.642. The van der Waals surface area contributed by atoms with Crippen LogP contribution in [-0.2, 0) is 9.53 Å². The number of nitrogens with zero attached hydrogens (tertiary/aromatic N) is 3. The second-order valence-corrected chi connectivity index (χ2v) is 6.52. The van der Waals surface area contributed by atoms with Crippen LogP contribution in [0.25, 0.3) is 5.69 Å². The highest BCUT2D eigenvalue weighted by molar-refractivity contribution is 7.99. The fraction of sp³-hybridized carbons (Fsp3) is 0.400. The normalized spacial score (nSPS) is 11.4. The topological polar surface area (TPSA) is 57.0 Å². The highest BCUT2D eigenvalue weighted by Crippen LogP contribution is 2.22. The van der Waals surface area contributed by atoms with Crippen LogP contribution in [0, 0.1) is 6.92 Å². The van der Waals surface area contributed by atoms with Gasteiger partial charge in [-0.05, 0) is 39.8 Å². The van der Waals surface area contributed by atoms with E-state index in [0.29, 0.717) is 5.16 Å². The molecule has 112 valence electrons. The highest BCUT2D eigenvalue weighted by atomic mass is 32.2. The van der Waals surface area contributed by atoms with Crippen LogP contribution in [0.4, 0.5) is 0 Å². The van der Waals surface area contributed by atoms with Gasteiger partial charge in [-0.15, -0.1) is 10.2 Å². The molecule has 1 aromatic heterocycles. The number of ether oxygens (including phenoxy) is 1. The van der Waals surface area contributed by atoms with Crippen molar-refractivity contribution in [3.05, 3.63) is 36.2 Å². The number of para-hydroxylation sites is 1. The van der Waals surface area contributed by atoms with Crippen molar-refractivity contribution in [1.29, 1.82) is 0 Å². The maximum Gasteiger partial charge on any atom is 0.316 e. The largest absolute Gasteiger partial charge is 0.459 e. The van der Waals surface area contributed by atoms with Crippen molar-refractivity contribution >= 4 is 17.7 Å². The van der Waals surface area contributed by atoms with Gasteiger partial charge in [-0.2, -0.15) is 0 Å². The van der Waals surface area contributed by atoms with Gasteiger partial charge in [0.05, 0.1) is 5.75 Å². The summed E-state index contributed by atoms with van der Waals surface area (Å²) in [7, 11) is 0. The second kappa shape index (κ2) is 6.30. The number of hydrogen-bond donors (Lipinski definition) is 0. The van der Waals surface area contributed by atoms with Crippen LogP contribution in [0.2, 0.25) is 0 Å². The molecule has 0 spiro atoms. The fourth-order valence-electron chi connectivity index (χ4n) is 1.81. The number of esters is 1. The lowest BCUT2D eigenvalue weighted by atomic mass is 10.2. The van der Waals surface area contributed by atoms with Crippen LogP contribution in [0.5, 0.6) is 0 Å². The van der Waals surface area contributed by atoms with Crippen LogP contribution in [0.3, 0.4) is 0 Å². The first-order valence-corrected chi connectivity index (χ1v) is 7.67. The molecule has 1 heterocycles. The molecule has 2 aromatic rings. The molecule has 0 bridgehead atoms. The lowest BCUT2D eigenvalue weighted by Crippen LogP contribution is -2.25. The smallest absolute Gasteiger partial charge is 0.316 e. The molecular formula is C15H19N3O2S. The van der Waals surface area contributed by atoms with Gasteiger partial charge in [-0.1, -0.05) is 30.0 Å². The van der Waals surface area contributed by atoms with Gasteiger partial charge in [-0.25, -0.2) is 0 Å². The van der Waals surface area contributed by atoms with Crippen LogP contribution in [0.1, 0.15) is 26.6 Å². The van der Waals surface area contributed by atoms with E-state index in [2.05, 4.69) is 10.2 Å². The molecule has 0 saturated heterocycles. The monoisotopic (exact) mass is 305 g/mol. The first kappa shape index (κ1) is 15.6. The number of carbonyl (C=O) groups is 1. The van der Waals surface area contributed by atoms with E-state index >= 15 is 0 Å². The molecule has 0 aliphatic carbocycles. The Hall–Kier alpha value is -1.82. The number of thioether (sulfide) groups is 1. The molecule has 0 saturated carbocycles. The van der Waals surface area contributed by atoms with Crippen molar-refractivity contribution in [2.24, 2.45) is 0 Å². The minimum Gasteiger partial charge on any atom is -0.459 e. The number of hydrogen-bond acceptors (Lipinski definition) is 5. The Balaban J connectivity index is 2.11. The van der Waals surface area contributed by atoms with Gasteiger partial charge in [-0.3, -0.25) is 9.36 Å². The Kier molecular flexibility index (Phi) is 4.67. The average molecular weight is 305 g/mol. The zero-order chi connectivity index (χ0) is 15.5. The van der Waals surface area contributed by atoms with Gasteiger partial charge < -0.3 is 4.74 Å². The van der Waals surface area contributed by atoms with E-state index in [1.165, 1.54) is 11.8 Å². The van der Waals surface area contributed by atoms with Crippen LogP contribution in [-0.4, -0.2) is 32.1 Å². The van der Waals surface area contributed by atoms with Gasteiger partial charge in [0.2, 0.25) is 0 Å². The van der Waals surface area contributed by atoms with E-state index in [0.717, 1.165) is 11.5 Å². The van der Waals surface area contributed by atoms with E-state index in [4.69, 9.17) is 4.74 Å². The SMILES string of the molecule is Cc1nnc(SCC(=O)OC(C)(C)C)n1-c1ccccc1. The predicted molar refractivity (Wildman–Crippen MR) is 82.7 cm³/mol.